The zero-order valence-corrected chi connectivity index (χ0v) is 9.26. The predicted octanol–water partition coefficient (Wildman–Crippen LogP) is -1.22. The number of carbonyl (C=O) groups is 1. The minimum atomic E-state index is -1.06. The molecule has 0 fully saturated rings. The van der Waals surface area contributed by atoms with E-state index in [1.54, 1.807) is 0 Å². The summed E-state index contributed by atoms with van der Waals surface area (Å²) in [5.74, 6) is -0.297. The zero-order valence-electron chi connectivity index (χ0n) is 8.44. The maximum atomic E-state index is 11.3. The number of hydrogen-bond acceptors (Lipinski definition) is 5. The van der Waals surface area contributed by atoms with Crippen molar-refractivity contribution in [3.63, 3.8) is 0 Å². The van der Waals surface area contributed by atoms with Crippen molar-refractivity contribution in [2.24, 2.45) is 5.73 Å². The van der Waals surface area contributed by atoms with E-state index >= 15 is 0 Å². The fourth-order valence-electron chi connectivity index (χ4n) is 0.844. The number of carboxylic acids is 1. The van der Waals surface area contributed by atoms with Crippen LogP contribution >= 0.6 is 0 Å². The lowest BCUT2D eigenvalue weighted by Crippen LogP contribution is -2.32. The Morgan fingerprint density at radius 1 is 1.60 bits per heavy atom. The molecule has 88 valence electrons. The molecule has 2 atom stereocenters. The highest BCUT2D eigenvalue weighted by Crippen LogP contribution is 1.92. The van der Waals surface area contributed by atoms with Crippen LogP contribution in [0.4, 0.5) is 0 Å². The molecule has 0 rings (SSSR count). The van der Waals surface area contributed by atoms with E-state index in [-0.39, 0.29) is 6.42 Å². The first kappa shape index (κ1) is 14.2. The first-order valence-electron chi connectivity index (χ1n) is 4.61. The van der Waals surface area contributed by atoms with Crippen molar-refractivity contribution in [1.29, 1.82) is 5.41 Å². The fourth-order valence-corrected chi connectivity index (χ4v) is 1.94. The quantitative estimate of drug-likeness (QED) is 0.295. The van der Waals surface area contributed by atoms with E-state index in [2.05, 4.69) is 5.32 Å². The summed E-state index contributed by atoms with van der Waals surface area (Å²) >= 11 is 0. The van der Waals surface area contributed by atoms with Crippen LogP contribution in [-0.2, 0) is 15.6 Å². The van der Waals surface area contributed by atoms with Crippen LogP contribution in [0.15, 0.2) is 0 Å². The SMILES string of the molecule is N=CCNCCS(=O)CCC(N)C(=O)O. The van der Waals surface area contributed by atoms with Gasteiger partial charge in [-0.15, -0.1) is 0 Å². The maximum Gasteiger partial charge on any atom is 0.320 e. The standard InChI is InChI=1S/C8H17N3O3S/c9-2-3-11-4-6-15(14)5-1-7(10)8(12)13/h2,7,9,11H,1,3-6,10H2,(H,12,13). The average molecular weight is 235 g/mol. The molecule has 0 aliphatic rings. The van der Waals surface area contributed by atoms with E-state index in [1.807, 2.05) is 0 Å². The van der Waals surface area contributed by atoms with Gasteiger partial charge >= 0.3 is 5.97 Å². The first-order valence-corrected chi connectivity index (χ1v) is 6.09. The van der Waals surface area contributed by atoms with E-state index in [0.717, 1.165) is 0 Å². The van der Waals surface area contributed by atoms with E-state index < -0.39 is 22.8 Å². The molecule has 0 aromatic heterocycles. The van der Waals surface area contributed by atoms with Crippen LogP contribution in [0, 0.1) is 5.41 Å². The molecule has 0 bridgehead atoms. The summed E-state index contributed by atoms with van der Waals surface area (Å²) in [6.07, 6.45) is 1.45. The monoisotopic (exact) mass is 235 g/mol. The Balaban J connectivity index is 3.49. The van der Waals surface area contributed by atoms with Crippen LogP contribution in [0.2, 0.25) is 0 Å². The van der Waals surface area contributed by atoms with Gasteiger partial charge in [-0.05, 0) is 6.42 Å². The molecular weight excluding hydrogens is 218 g/mol. The number of rotatable bonds is 9. The first-order chi connectivity index (χ1) is 7.07. The predicted molar refractivity (Wildman–Crippen MR) is 59.8 cm³/mol. The second-order valence-electron chi connectivity index (χ2n) is 2.99. The number of aliphatic carboxylic acids is 1. The van der Waals surface area contributed by atoms with Crippen LogP contribution < -0.4 is 11.1 Å². The van der Waals surface area contributed by atoms with Crippen molar-refractivity contribution in [2.45, 2.75) is 12.5 Å². The largest absolute Gasteiger partial charge is 0.480 e. The van der Waals surface area contributed by atoms with Crippen molar-refractivity contribution in [1.82, 2.24) is 5.32 Å². The average Bonchev–Trinajstić information content (AvgIpc) is 2.20. The molecule has 0 aliphatic heterocycles. The van der Waals surface area contributed by atoms with Gasteiger partial charge in [-0.2, -0.15) is 0 Å². The Morgan fingerprint density at radius 3 is 2.80 bits per heavy atom. The smallest absolute Gasteiger partial charge is 0.320 e. The summed E-state index contributed by atoms with van der Waals surface area (Å²) in [7, 11) is -1.04. The molecule has 0 saturated heterocycles. The van der Waals surface area contributed by atoms with Gasteiger partial charge in [0.2, 0.25) is 0 Å². The van der Waals surface area contributed by atoms with Gasteiger partial charge in [0.05, 0.1) is 0 Å². The molecule has 0 aliphatic carbocycles. The topological polar surface area (TPSA) is 116 Å². The molecule has 0 radical (unpaired) electrons. The van der Waals surface area contributed by atoms with Crippen LogP contribution in [0.25, 0.3) is 0 Å². The Bertz CT molecular complexity index is 235. The molecular formula is C8H17N3O3S. The second kappa shape index (κ2) is 8.51. The lowest BCUT2D eigenvalue weighted by atomic mass is 10.2. The Hall–Kier alpha value is -0.790. The van der Waals surface area contributed by atoms with Crippen molar-refractivity contribution in [3.05, 3.63) is 0 Å². The minimum absolute atomic E-state index is 0.229. The molecule has 2 unspecified atom stereocenters. The molecule has 6 nitrogen and oxygen atoms in total. The molecule has 0 aromatic rings. The van der Waals surface area contributed by atoms with E-state index in [0.29, 0.717) is 24.6 Å². The molecule has 0 spiro atoms. The van der Waals surface area contributed by atoms with E-state index in [4.69, 9.17) is 16.2 Å². The van der Waals surface area contributed by atoms with Gasteiger partial charge in [-0.3, -0.25) is 9.00 Å². The van der Waals surface area contributed by atoms with Crippen molar-refractivity contribution in [3.8, 4) is 0 Å². The van der Waals surface area contributed by atoms with Gasteiger partial charge < -0.3 is 21.6 Å². The van der Waals surface area contributed by atoms with Gasteiger partial charge in [-0.25, -0.2) is 0 Å². The summed E-state index contributed by atoms with van der Waals surface area (Å²) < 4.78 is 11.3. The highest BCUT2D eigenvalue weighted by atomic mass is 32.2. The van der Waals surface area contributed by atoms with Gasteiger partial charge in [0, 0.05) is 41.6 Å². The summed E-state index contributed by atoms with van der Waals surface area (Å²) in [5.41, 5.74) is 5.26. The number of hydrogen-bond donors (Lipinski definition) is 4. The Kier molecular flexibility index (Phi) is 8.06. The molecule has 0 heterocycles. The van der Waals surface area contributed by atoms with Crippen molar-refractivity contribution >= 4 is 23.0 Å². The molecule has 0 saturated carbocycles. The van der Waals surface area contributed by atoms with Gasteiger partial charge in [-0.1, -0.05) is 0 Å². The highest BCUT2D eigenvalue weighted by molar-refractivity contribution is 7.84. The molecule has 5 N–H and O–H groups in total. The zero-order chi connectivity index (χ0) is 11.7. The lowest BCUT2D eigenvalue weighted by Gasteiger charge is -2.06. The number of nitrogens with two attached hydrogens (primary N) is 1. The molecule has 0 amide bonds. The Labute approximate surface area is 91.2 Å². The van der Waals surface area contributed by atoms with Crippen molar-refractivity contribution in [2.75, 3.05) is 24.6 Å². The van der Waals surface area contributed by atoms with Crippen LogP contribution in [0.5, 0.6) is 0 Å². The van der Waals surface area contributed by atoms with Gasteiger partial charge in [0.1, 0.15) is 6.04 Å². The highest BCUT2D eigenvalue weighted by Gasteiger charge is 2.12. The molecule has 15 heavy (non-hydrogen) atoms. The summed E-state index contributed by atoms with van der Waals surface area (Å²) in [4.78, 5) is 10.3. The number of carboxylic acid groups (broad SMARTS) is 1. The van der Waals surface area contributed by atoms with Crippen LogP contribution in [0.3, 0.4) is 0 Å². The molecule has 7 heteroatoms. The van der Waals surface area contributed by atoms with Gasteiger partial charge in [0.15, 0.2) is 0 Å². The van der Waals surface area contributed by atoms with Gasteiger partial charge in [0.25, 0.3) is 0 Å². The minimum Gasteiger partial charge on any atom is -0.480 e. The van der Waals surface area contributed by atoms with Crippen molar-refractivity contribution < 1.29 is 14.1 Å². The lowest BCUT2D eigenvalue weighted by molar-refractivity contribution is -0.138. The van der Waals surface area contributed by atoms with Crippen LogP contribution in [0.1, 0.15) is 6.42 Å². The van der Waals surface area contributed by atoms with E-state index in [9.17, 15) is 9.00 Å². The normalized spacial score (nSPS) is 14.5. The van der Waals surface area contributed by atoms with E-state index in [1.165, 1.54) is 6.21 Å². The third-order valence-electron chi connectivity index (χ3n) is 1.73. The molecule has 0 aromatic carbocycles. The fraction of sp³-hybridized carbons (Fsp3) is 0.750. The van der Waals surface area contributed by atoms with Crippen LogP contribution in [-0.4, -0.2) is 52.1 Å². The third kappa shape index (κ3) is 8.22. The maximum absolute atomic E-state index is 11.3. The second-order valence-corrected chi connectivity index (χ2v) is 4.69. The summed E-state index contributed by atoms with van der Waals surface area (Å²) in [6.45, 7) is 1.02. The Morgan fingerprint density at radius 2 is 2.27 bits per heavy atom. The summed E-state index contributed by atoms with van der Waals surface area (Å²) in [5, 5.41) is 18.1. The third-order valence-corrected chi connectivity index (χ3v) is 3.08. The summed E-state index contributed by atoms with van der Waals surface area (Å²) in [6, 6.07) is -0.927. The number of nitrogens with one attached hydrogen (secondary N) is 2.